The van der Waals surface area contributed by atoms with E-state index in [1.54, 1.807) is 25.3 Å². The van der Waals surface area contributed by atoms with Gasteiger partial charge in [-0.3, -0.25) is 9.10 Å². The lowest BCUT2D eigenvalue weighted by Gasteiger charge is -2.25. The summed E-state index contributed by atoms with van der Waals surface area (Å²) in [6.07, 6.45) is 1.83. The van der Waals surface area contributed by atoms with Crippen LogP contribution in [0.2, 0.25) is 0 Å². The number of sulfonamides is 1. The normalized spacial score (nSPS) is 12.2. The molecule has 0 fully saturated rings. The second-order valence-electron chi connectivity index (χ2n) is 7.61. The minimum Gasteiger partial charge on any atom is -0.497 e. The standard InChI is InChI=1S/C23H32N2O5S/c1-17-8-6-9-22(19(17)3)25(31(5,27)28)15-7-10-23(26)24-18(2)16-30-21-13-11-20(29-4)12-14-21/h6,8-9,11-14,18H,7,10,15-16H2,1-5H3,(H,24,26)/t18-/m1/s1. The molecule has 0 aliphatic rings. The molecule has 0 unspecified atom stereocenters. The molecule has 0 radical (unpaired) electrons. The van der Waals surface area contributed by atoms with E-state index in [1.807, 2.05) is 45.0 Å². The number of nitrogens with one attached hydrogen (secondary N) is 1. The monoisotopic (exact) mass is 448 g/mol. The second-order valence-corrected chi connectivity index (χ2v) is 9.52. The molecule has 0 aliphatic carbocycles. The highest BCUT2D eigenvalue weighted by Gasteiger charge is 2.20. The van der Waals surface area contributed by atoms with Gasteiger partial charge < -0.3 is 14.8 Å². The van der Waals surface area contributed by atoms with Crippen molar-refractivity contribution in [1.82, 2.24) is 5.32 Å². The van der Waals surface area contributed by atoms with E-state index in [9.17, 15) is 13.2 Å². The summed E-state index contributed by atoms with van der Waals surface area (Å²) in [6.45, 7) is 6.28. The van der Waals surface area contributed by atoms with E-state index >= 15 is 0 Å². The number of ether oxygens (including phenoxy) is 2. The summed E-state index contributed by atoms with van der Waals surface area (Å²) >= 11 is 0. The van der Waals surface area contributed by atoms with Gasteiger partial charge in [-0.15, -0.1) is 0 Å². The number of rotatable bonds is 11. The summed E-state index contributed by atoms with van der Waals surface area (Å²) < 4.78 is 36.8. The molecule has 0 bridgehead atoms. The fourth-order valence-electron chi connectivity index (χ4n) is 3.14. The molecular formula is C23H32N2O5S. The molecule has 0 saturated heterocycles. The van der Waals surface area contributed by atoms with Crippen molar-refractivity contribution < 1.29 is 22.7 Å². The van der Waals surface area contributed by atoms with Gasteiger partial charge in [0.1, 0.15) is 18.1 Å². The number of benzene rings is 2. The van der Waals surface area contributed by atoms with Crippen LogP contribution >= 0.6 is 0 Å². The Labute approximate surface area is 185 Å². The molecule has 1 amide bonds. The highest BCUT2D eigenvalue weighted by Crippen LogP contribution is 2.25. The molecule has 31 heavy (non-hydrogen) atoms. The molecule has 0 heterocycles. The van der Waals surface area contributed by atoms with Crippen LogP contribution in [0.5, 0.6) is 11.5 Å². The molecule has 0 saturated carbocycles. The minimum absolute atomic E-state index is 0.139. The molecule has 7 nitrogen and oxygen atoms in total. The topological polar surface area (TPSA) is 84.9 Å². The number of carbonyl (C=O) groups excluding carboxylic acids is 1. The molecule has 170 valence electrons. The van der Waals surface area contributed by atoms with Crippen molar-refractivity contribution in [2.45, 2.75) is 39.7 Å². The van der Waals surface area contributed by atoms with Gasteiger partial charge in [0.05, 0.1) is 25.1 Å². The van der Waals surface area contributed by atoms with Crippen LogP contribution in [0.1, 0.15) is 30.9 Å². The Hall–Kier alpha value is -2.74. The fraction of sp³-hybridized carbons (Fsp3) is 0.435. The van der Waals surface area contributed by atoms with Crippen molar-refractivity contribution in [3.05, 3.63) is 53.6 Å². The molecule has 1 atom stereocenters. The zero-order chi connectivity index (χ0) is 23.0. The quantitative estimate of drug-likeness (QED) is 0.569. The van der Waals surface area contributed by atoms with E-state index in [0.717, 1.165) is 16.9 Å². The Balaban J connectivity index is 1.84. The maximum absolute atomic E-state index is 12.3. The molecule has 2 aromatic carbocycles. The maximum atomic E-state index is 12.3. The van der Waals surface area contributed by atoms with Gasteiger partial charge in [-0.2, -0.15) is 0 Å². The summed E-state index contributed by atoms with van der Waals surface area (Å²) in [4.78, 5) is 12.3. The molecule has 0 spiro atoms. The van der Waals surface area contributed by atoms with E-state index < -0.39 is 10.0 Å². The van der Waals surface area contributed by atoms with Crippen molar-refractivity contribution >= 4 is 21.6 Å². The first-order valence-corrected chi connectivity index (χ1v) is 12.1. The molecule has 0 aromatic heterocycles. The third kappa shape index (κ3) is 7.47. The minimum atomic E-state index is -3.45. The SMILES string of the molecule is COc1ccc(OC[C@@H](C)NC(=O)CCCN(c2cccc(C)c2C)S(C)(=O)=O)cc1. The van der Waals surface area contributed by atoms with Crippen molar-refractivity contribution in [1.29, 1.82) is 0 Å². The number of aryl methyl sites for hydroxylation is 1. The van der Waals surface area contributed by atoms with E-state index in [0.29, 0.717) is 24.5 Å². The number of methoxy groups -OCH3 is 1. The van der Waals surface area contributed by atoms with Gasteiger partial charge in [0.2, 0.25) is 15.9 Å². The van der Waals surface area contributed by atoms with E-state index in [4.69, 9.17) is 9.47 Å². The number of amides is 1. The number of carbonyl (C=O) groups is 1. The first-order valence-electron chi connectivity index (χ1n) is 10.2. The third-order valence-electron chi connectivity index (χ3n) is 4.98. The first kappa shape index (κ1) is 24.5. The summed E-state index contributed by atoms with van der Waals surface area (Å²) in [5.74, 6) is 1.30. The Bertz CT molecular complexity index is 974. The maximum Gasteiger partial charge on any atom is 0.232 e. The van der Waals surface area contributed by atoms with E-state index in [-0.39, 0.29) is 24.9 Å². The fourth-order valence-corrected chi connectivity index (χ4v) is 4.15. The number of hydrogen-bond acceptors (Lipinski definition) is 5. The highest BCUT2D eigenvalue weighted by molar-refractivity contribution is 7.92. The molecule has 2 rings (SSSR count). The average Bonchev–Trinajstić information content (AvgIpc) is 2.71. The predicted molar refractivity (Wildman–Crippen MR) is 123 cm³/mol. The third-order valence-corrected chi connectivity index (χ3v) is 6.16. The largest absolute Gasteiger partial charge is 0.497 e. The summed E-state index contributed by atoms with van der Waals surface area (Å²) in [7, 11) is -1.85. The van der Waals surface area contributed by atoms with E-state index in [1.165, 1.54) is 10.6 Å². The summed E-state index contributed by atoms with van der Waals surface area (Å²) in [5.41, 5.74) is 2.60. The highest BCUT2D eigenvalue weighted by atomic mass is 32.2. The van der Waals surface area contributed by atoms with Crippen LogP contribution in [0.25, 0.3) is 0 Å². The van der Waals surface area contributed by atoms with Crippen LogP contribution < -0.4 is 19.1 Å². The Kier molecular flexibility index (Phi) is 8.74. The van der Waals surface area contributed by atoms with Crippen molar-refractivity contribution in [2.24, 2.45) is 0 Å². The zero-order valence-corrected chi connectivity index (χ0v) is 19.7. The van der Waals surface area contributed by atoms with Crippen LogP contribution in [-0.2, 0) is 14.8 Å². The lowest BCUT2D eigenvalue weighted by Crippen LogP contribution is -2.37. The molecule has 8 heteroatoms. The molecule has 0 aliphatic heterocycles. The van der Waals surface area contributed by atoms with Crippen molar-refractivity contribution in [3.63, 3.8) is 0 Å². The Morgan fingerprint density at radius 1 is 1.10 bits per heavy atom. The number of nitrogens with zero attached hydrogens (tertiary/aromatic N) is 1. The lowest BCUT2D eigenvalue weighted by atomic mass is 10.1. The zero-order valence-electron chi connectivity index (χ0n) is 18.8. The van der Waals surface area contributed by atoms with Crippen molar-refractivity contribution in [3.8, 4) is 11.5 Å². The number of hydrogen-bond donors (Lipinski definition) is 1. The summed E-state index contributed by atoms with van der Waals surface area (Å²) in [5, 5.41) is 2.89. The van der Waals surface area contributed by atoms with Gasteiger partial charge >= 0.3 is 0 Å². The van der Waals surface area contributed by atoms with Crippen LogP contribution in [0.15, 0.2) is 42.5 Å². The second kappa shape index (κ2) is 11.0. The molecule has 1 N–H and O–H groups in total. The molecule has 2 aromatic rings. The first-order chi connectivity index (χ1) is 14.6. The van der Waals surface area contributed by atoms with Gasteiger partial charge in [-0.25, -0.2) is 8.42 Å². The van der Waals surface area contributed by atoms with Gasteiger partial charge in [-0.1, -0.05) is 12.1 Å². The van der Waals surface area contributed by atoms with Crippen LogP contribution in [0.4, 0.5) is 5.69 Å². The van der Waals surface area contributed by atoms with Gasteiger partial charge in [-0.05, 0) is 68.7 Å². The lowest BCUT2D eigenvalue weighted by molar-refractivity contribution is -0.121. The smallest absolute Gasteiger partial charge is 0.232 e. The van der Waals surface area contributed by atoms with Crippen LogP contribution in [0, 0.1) is 13.8 Å². The van der Waals surface area contributed by atoms with Gasteiger partial charge in [0, 0.05) is 13.0 Å². The summed E-state index contributed by atoms with van der Waals surface area (Å²) in [6, 6.07) is 12.6. The van der Waals surface area contributed by atoms with Crippen molar-refractivity contribution in [2.75, 3.05) is 30.8 Å². The Morgan fingerprint density at radius 2 is 1.74 bits per heavy atom. The predicted octanol–water partition coefficient (Wildman–Crippen LogP) is 3.44. The molecular weight excluding hydrogens is 416 g/mol. The van der Waals surface area contributed by atoms with Crippen LogP contribution in [0.3, 0.4) is 0 Å². The van der Waals surface area contributed by atoms with Gasteiger partial charge in [0.25, 0.3) is 0 Å². The van der Waals surface area contributed by atoms with E-state index in [2.05, 4.69) is 5.32 Å². The number of anilines is 1. The average molecular weight is 449 g/mol. The Morgan fingerprint density at radius 3 is 2.35 bits per heavy atom. The van der Waals surface area contributed by atoms with Crippen LogP contribution in [-0.4, -0.2) is 46.9 Å². The van der Waals surface area contributed by atoms with Gasteiger partial charge in [0.15, 0.2) is 0 Å².